The summed E-state index contributed by atoms with van der Waals surface area (Å²) in [5.74, 6) is 0.920. The third-order valence-corrected chi connectivity index (χ3v) is 4.21. The Bertz CT molecular complexity index is 635. The number of benzene rings is 1. The van der Waals surface area contributed by atoms with Crippen LogP contribution < -0.4 is 10.6 Å². The quantitative estimate of drug-likeness (QED) is 0.916. The van der Waals surface area contributed by atoms with Crippen molar-refractivity contribution in [1.29, 1.82) is 5.26 Å². The van der Waals surface area contributed by atoms with E-state index < -0.39 is 0 Å². The molecule has 4 heteroatoms. The summed E-state index contributed by atoms with van der Waals surface area (Å²) in [6.07, 6.45) is 3.42. The third-order valence-electron chi connectivity index (χ3n) is 4.21. The number of hydrogen-bond acceptors (Lipinski definition) is 4. The zero-order valence-electron chi connectivity index (χ0n) is 11.9. The molecule has 106 valence electrons. The van der Waals surface area contributed by atoms with Crippen LogP contribution in [0.15, 0.2) is 48.7 Å². The molecular weight excluding hydrogens is 260 g/mol. The lowest BCUT2D eigenvalue weighted by Gasteiger charge is -2.40. The molecule has 4 nitrogen and oxygen atoms in total. The molecule has 3 rings (SSSR count). The minimum absolute atomic E-state index is 0.246. The van der Waals surface area contributed by atoms with E-state index >= 15 is 0 Å². The highest BCUT2D eigenvalue weighted by atomic mass is 15.2. The predicted octanol–water partition coefficient (Wildman–Crippen LogP) is 2.41. The van der Waals surface area contributed by atoms with E-state index in [-0.39, 0.29) is 5.54 Å². The van der Waals surface area contributed by atoms with Gasteiger partial charge in [0.05, 0.1) is 5.56 Å². The highest BCUT2D eigenvalue weighted by Gasteiger charge is 2.32. The van der Waals surface area contributed by atoms with E-state index in [4.69, 9.17) is 11.0 Å². The van der Waals surface area contributed by atoms with Crippen molar-refractivity contribution in [3.05, 3.63) is 59.8 Å². The Morgan fingerprint density at radius 3 is 2.38 bits per heavy atom. The number of anilines is 1. The van der Waals surface area contributed by atoms with Crippen molar-refractivity contribution in [3.8, 4) is 6.07 Å². The van der Waals surface area contributed by atoms with Crippen LogP contribution in [0.5, 0.6) is 0 Å². The van der Waals surface area contributed by atoms with Gasteiger partial charge in [-0.15, -0.1) is 0 Å². The molecule has 0 spiro atoms. The second-order valence-corrected chi connectivity index (χ2v) is 5.53. The number of hydrogen-bond donors (Lipinski definition) is 1. The van der Waals surface area contributed by atoms with Gasteiger partial charge in [-0.05, 0) is 30.5 Å². The first kappa shape index (κ1) is 13.6. The topological polar surface area (TPSA) is 65.9 Å². The summed E-state index contributed by atoms with van der Waals surface area (Å²) in [6.45, 7) is 1.76. The molecule has 1 aromatic carbocycles. The van der Waals surface area contributed by atoms with E-state index in [1.165, 1.54) is 5.56 Å². The number of pyridine rings is 1. The van der Waals surface area contributed by atoms with Gasteiger partial charge in [0, 0.05) is 24.8 Å². The molecule has 0 bridgehead atoms. The molecule has 2 N–H and O–H groups in total. The van der Waals surface area contributed by atoms with Crippen LogP contribution in [0.1, 0.15) is 24.0 Å². The Kier molecular flexibility index (Phi) is 3.59. The SMILES string of the molecule is N#Cc1ccc(N2CCC(N)(c3ccccc3)CC2)nc1. The lowest BCUT2D eigenvalue weighted by molar-refractivity contribution is 0.341. The maximum Gasteiger partial charge on any atom is 0.128 e. The van der Waals surface area contributed by atoms with Crippen LogP contribution in [0.3, 0.4) is 0 Å². The van der Waals surface area contributed by atoms with Crippen LogP contribution in [-0.2, 0) is 5.54 Å². The summed E-state index contributed by atoms with van der Waals surface area (Å²) in [5.41, 5.74) is 8.13. The Balaban J connectivity index is 1.71. The van der Waals surface area contributed by atoms with Gasteiger partial charge >= 0.3 is 0 Å². The van der Waals surface area contributed by atoms with Gasteiger partial charge in [0.2, 0.25) is 0 Å². The molecule has 0 amide bonds. The van der Waals surface area contributed by atoms with E-state index in [1.807, 2.05) is 30.3 Å². The Labute approximate surface area is 124 Å². The molecule has 1 aromatic heterocycles. The third kappa shape index (κ3) is 2.74. The summed E-state index contributed by atoms with van der Waals surface area (Å²) >= 11 is 0. The van der Waals surface area contributed by atoms with E-state index in [9.17, 15) is 0 Å². The number of rotatable bonds is 2. The molecule has 1 fully saturated rings. The van der Waals surface area contributed by atoms with Gasteiger partial charge in [-0.25, -0.2) is 4.98 Å². The van der Waals surface area contributed by atoms with Gasteiger partial charge in [0.25, 0.3) is 0 Å². The highest BCUT2D eigenvalue weighted by Crippen LogP contribution is 2.31. The van der Waals surface area contributed by atoms with Crippen molar-refractivity contribution in [2.75, 3.05) is 18.0 Å². The first-order valence-corrected chi connectivity index (χ1v) is 7.17. The fourth-order valence-corrected chi connectivity index (χ4v) is 2.83. The summed E-state index contributed by atoms with van der Waals surface area (Å²) in [6, 6.07) is 16.1. The molecule has 0 unspecified atom stereocenters. The van der Waals surface area contributed by atoms with Crippen LogP contribution >= 0.6 is 0 Å². The molecule has 1 aliphatic rings. The monoisotopic (exact) mass is 278 g/mol. The fraction of sp³-hybridized carbons (Fsp3) is 0.294. The molecule has 0 atom stereocenters. The highest BCUT2D eigenvalue weighted by molar-refractivity contribution is 5.43. The molecular formula is C17H18N4. The van der Waals surface area contributed by atoms with Crippen LogP contribution in [-0.4, -0.2) is 18.1 Å². The van der Waals surface area contributed by atoms with E-state index in [0.29, 0.717) is 5.56 Å². The van der Waals surface area contributed by atoms with Crippen molar-refractivity contribution in [2.24, 2.45) is 5.73 Å². The molecule has 2 aromatic rings. The lowest BCUT2D eigenvalue weighted by atomic mass is 9.82. The molecule has 1 saturated heterocycles. The maximum atomic E-state index is 8.81. The van der Waals surface area contributed by atoms with Gasteiger partial charge in [0.15, 0.2) is 0 Å². The average Bonchev–Trinajstić information content (AvgIpc) is 2.57. The first-order chi connectivity index (χ1) is 10.2. The van der Waals surface area contributed by atoms with Crippen molar-refractivity contribution < 1.29 is 0 Å². The second kappa shape index (κ2) is 5.55. The predicted molar refractivity (Wildman–Crippen MR) is 82.7 cm³/mol. The number of nitrogens with zero attached hydrogens (tertiary/aromatic N) is 3. The minimum atomic E-state index is -0.246. The lowest BCUT2D eigenvalue weighted by Crippen LogP contribution is -2.48. The zero-order valence-corrected chi connectivity index (χ0v) is 11.9. The summed E-state index contributed by atoms with van der Waals surface area (Å²) < 4.78 is 0. The molecule has 2 heterocycles. The first-order valence-electron chi connectivity index (χ1n) is 7.17. The second-order valence-electron chi connectivity index (χ2n) is 5.53. The van der Waals surface area contributed by atoms with Crippen LogP contribution in [0.2, 0.25) is 0 Å². The number of aromatic nitrogens is 1. The van der Waals surface area contributed by atoms with E-state index in [2.05, 4.69) is 28.1 Å². The maximum absolute atomic E-state index is 8.81. The van der Waals surface area contributed by atoms with E-state index in [0.717, 1.165) is 31.7 Å². The largest absolute Gasteiger partial charge is 0.356 e. The number of piperidine rings is 1. The fourth-order valence-electron chi connectivity index (χ4n) is 2.83. The molecule has 0 radical (unpaired) electrons. The van der Waals surface area contributed by atoms with Crippen molar-refractivity contribution >= 4 is 5.82 Å². The number of nitrogens with two attached hydrogens (primary N) is 1. The standard InChI is InChI=1S/C17H18N4/c18-12-14-6-7-16(20-13-14)21-10-8-17(19,9-11-21)15-4-2-1-3-5-15/h1-7,13H,8-11,19H2. The number of nitriles is 1. The van der Waals surface area contributed by atoms with Crippen LogP contribution in [0.25, 0.3) is 0 Å². The summed E-state index contributed by atoms with van der Waals surface area (Å²) in [4.78, 5) is 6.59. The zero-order chi connectivity index (χ0) is 14.7. The smallest absolute Gasteiger partial charge is 0.128 e. The van der Waals surface area contributed by atoms with Crippen molar-refractivity contribution in [3.63, 3.8) is 0 Å². The van der Waals surface area contributed by atoms with Gasteiger partial charge in [-0.3, -0.25) is 0 Å². The van der Waals surface area contributed by atoms with Crippen molar-refractivity contribution in [1.82, 2.24) is 4.98 Å². The molecule has 21 heavy (non-hydrogen) atoms. The Hall–Kier alpha value is -2.38. The summed E-state index contributed by atoms with van der Waals surface area (Å²) in [5, 5.41) is 8.81. The molecule has 0 saturated carbocycles. The minimum Gasteiger partial charge on any atom is -0.356 e. The van der Waals surface area contributed by atoms with Gasteiger partial charge in [0.1, 0.15) is 11.9 Å². The van der Waals surface area contributed by atoms with Crippen molar-refractivity contribution in [2.45, 2.75) is 18.4 Å². The summed E-state index contributed by atoms with van der Waals surface area (Å²) in [7, 11) is 0. The average molecular weight is 278 g/mol. The molecule has 0 aliphatic carbocycles. The Morgan fingerprint density at radius 1 is 1.10 bits per heavy atom. The Morgan fingerprint density at radius 2 is 1.81 bits per heavy atom. The molecule has 1 aliphatic heterocycles. The van der Waals surface area contributed by atoms with Gasteiger partial charge < -0.3 is 10.6 Å². The van der Waals surface area contributed by atoms with Gasteiger partial charge in [-0.2, -0.15) is 5.26 Å². The van der Waals surface area contributed by atoms with E-state index in [1.54, 1.807) is 6.20 Å². The normalized spacial score (nSPS) is 17.2. The van der Waals surface area contributed by atoms with Crippen LogP contribution in [0, 0.1) is 11.3 Å². The van der Waals surface area contributed by atoms with Crippen LogP contribution in [0.4, 0.5) is 5.82 Å². The van der Waals surface area contributed by atoms with Gasteiger partial charge in [-0.1, -0.05) is 30.3 Å².